The highest BCUT2D eigenvalue weighted by atomic mass is 16.5. The third-order valence-corrected chi connectivity index (χ3v) is 4.75. The topological polar surface area (TPSA) is 40.2 Å². The van der Waals surface area contributed by atoms with Gasteiger partial charge in [0.1, 0.15) is 17.3 Å². The number of furan rings is 1. The molecule has 4 nitrogen and oxygen atoms in total. The fourth-order valence-corrected chi connectivity index (χ4v) is 3.27. The third-order valence-electron chi connectivity index (χ3n) is 4.75. The van der Waals surface area contributed by atoms with E-state index < -0.39 is 0 Å². The van der Waals surface area contributed by atoms with E-state index >= 15 is 0 Å². The van der Waals surface area contributed by atoms with Crippen molar-refractivity contribution in [2.45, 2.75) is 26.3 Å². The second-order valence-corrected chi connectivity index (χ2v) is 6.78. The van der Waals surface area contributed by atoms with E-state index in [1.54, 1.807) is 6.26 Å². The van der Waals surface area contributed by atoms with Crippen molar-refractivity contribution < 1.29 is 9.15 Å². The van der Waals surface area contributed by atoms with Crippen LogP contribution in [0.15, 0.2) is 71.3 Å². The van der Waals surface area contributed by atoms with Crippen LogP contribution in [-0.2, 0) is 6.54 Å². The molecule has 2 heterocycles. The number of rotatable bonds is 8. The number of para-hydroxylation sites is 3. The van der Waals surface area contributed by atoms with Crippen molar-refractivity contribution in [3.05, 3.63) is 84.1 Å². The Hall–Kier alpha value is -3.27. The van der Waals surface area contributed by atoms with E-state index in [1.165, 1.54) is 5.56 Å². The van der Waals surface area contributed by atoms with Crippen LogP contribution in [0.1, 0.15) is 30.0 Å². The number of hydrogen-bond acceptors (Lipinski definition) is 3. The second kappa shape index (κ2) is 8.61. The maximum absolute atomic E-state index is 5.92. The summed E-state index contributed by atoms with van der Waals surface area (Å²) in [6, 6.07) is 20.2. The molecule has 0 aliphatic heterocycles. The third kappa shape index (κ3) is 4.17. The summed E-state index contributed by atoms with van der Waals surface area (Å²) in [5.41, 5.74) is 3.34. The number of aromatic nitrogens is 2. The number of ether oxygens (including phenoxy) is 1. The van der Waals surface area contributed by atoms with E-state index in [-0.39, 0.29) is 0 Å². The molecule has 0 radical (unpaired) electrons. The Morgan fingerprint density at radius 2 is 1.82 bits per heavy atom. The molecule has 2 aromatic heterocycles. The molecule has 0 N–H and O–H groups in total. The quantitative estimate of drug-likeness (QED) is 0.358. The van der Waals surface area contributed by atoms with Crippen LogP contribution in [0.25, 0.3) is 23.2 Å². The molecule has 0 amide bonds. The van der Waals surface area contributed by atoms with Gasteiger partial charge < -0.3 is 13.7 Å². The molecule has 0 unspecified atom stereocenters. The van der Waals surface area contributed by atoms with Crippen LogP contribution in [0.5, 0.6) is 5.75 Å². The Morgan fingerprint density at radius 3 is 2.68 bits per heavy atom. The molecule has 4 aromatic rings. The van der Waals surface area contributed by atoms with Crippen molar-refractivity contribution in [3.8, 4) is 5.75 Å². The van der Waals surface area contributed by atoms with E-state index in [1.807, 2.05) is 48.6 Å². The standard InChI is InChI=1S/C24H24N2O2/c1-19-9-2-5-13-23(19)28-17-7-6-16-26-22-12-4-3-11-21(22)25-24(26)15-14-20-10-8-18-27-20/h2-5,8-15,18H,6-7,16-17H2,1H3/b15-14+. The van der Waals surface area contributed by atoms with Gasteiger partial charge in [0.2, 0.25) is 0 Å². The van der Waals surface area contributed by atoms with Crippen LogP contribution in [0.3, 0.4) is 0 Å². The van der Waals surface area contributed by atoms with Gasteiger partial charge in [-0.1, -0.05) is 30.3 Å². The second-order valence-electron chi connectivity index (χ2n) is 6.78. The van der Waals surface area contributed by atoms with Gasteiger partial charge in [0.25, 0.3) is 0 Å². The Morgan fingerprint density at radius 1 is 0.964 bits per heavy atom. The summed E-state index contributed by atoms with van der Waals surface area (Å²) >= 11 is 0. The summed E-state index contributed by atoms with van der Waals surface area (Å²) in [5.74, 6) is 2.74. The summed E-state index contributed by atoms with van der Waals surface area (Å²) in [6.07, 6.45) is 7.66. The summed E-state index contributed by atoms with van der Waals surface area (Å²) in [6.45, 7) is 3.69. The Balaban J connectivity index is 1.42. The summed E-state index contributed by atoms with van der Waals surface area (Å²) in [7, 11) is 0. The van der Waals surface area contributed by atoms with Crippen molar-refractivity contribution in [1.29, 1.82) is 0 Å². The van der Waals surface area contributed by atoms with Gasteiger partial charge in [-0.2, -0.15) is 0 Å². The number of benzene rings is 2. The summed E-state index contributed by atoms with van der Waals surface area (Å²) in [4.78, 5) is 4.77. The van der Waals surface area contributed by atoms with E-state index in [9.17, 15) is 0 Å². The van der Waals surface area contributed by atoms with Gasteiger partial charge in [-0.05, 0) is 67.8 Å². The van der Waals surface area contributed by atoms with Gasteiger partial charge in [0.15, 0.2) is 0 Å². The molecule has 4 heteroatoms. The fraction of sp³-hybridized carbons (Fsp3) is 0.208. The molecule has 0 atom stereocenters. The zero-order chi connectivity index (χ0) is 19.2. The first-order valence-corrected chi connectivity index (χ1v) is 9.66. The highest BCUT2D eigenvalue weighted by molar-refractivity contribution is 5.79. The van der Waals surface area contributed by atoms with E-state index in [0.29, 0.717) is 0 Å². The molecule has 4 rings (SSSR count). The predicted molar refractivity (Wildman–Crippen MR) is 113 cm³/mol. The van der Waals surface area contributed by atoms with Gasteiger partial charge in [0, 0.05) is 6.54 Å². The van der Waals surface area contributed by atoms with Gasteiger partial charge in [0.05, 0.1) is 23.9 Å². The Labute approximate surface area is 165 Å². The fourth-order valence-electron chi connectivity index (χ4n) is 3.27. The molecule has 0 aliphatic carbocycles. The van der Waals surface area contributed by atoms with E-state index in [2.05, 4.69) is 35.8 Å². The molecular weight excluding hydrogens is 348 g/mol. The summed E-state index contributed by atoms with van der Waals surface area (Å²) in [5, 5.41) is 0. The van der Waals surface area contributed by atoms with Gasteiger partial charge in [-0.15, -0.1) is 0 Å². The molecular formula is C24H24N2O2. The zero-order valence-electron chi connectivity index (χ0n) is 16.0. The number of aryl methyl sites for hydroxylation is 2. The molecule has 0 aliphatic rings. The Bertz CT molecular complexity index is 1060. The molecule has 142 valence electrons. The molecule has 0 saturated heterocycles. The molecule has 28 heavy (non-hydrogen) atoms. The van der Waals surface area contributed by atoms with Gasteiger partial charge in [-0.25, -0.2) is 4.98 Å². The lowest BCUT2D eigenvalue weighted by molar-refractivity contribution is 0.301. The first-order valence-electron chi connectivity index (χ1n) is 9.66. The minimum absolute atomic E-state index is 0.717. The number of hydrogen-bond donors (Lipinski definition) is 0. The van der Waals surface area contributed by atoms with Crippen LogP contribution in [0.2, 0.25) is 0 Å². The van der Waals surface area contributed by atoms with Crippen molar-refractivity contribution >= 4 is 23.2 Å². The maximum atomic E-state index is 5.92. The maximum Gasteiger partial charge on any atom is 0.133 e. The zero-order valence-corrected chi connectivity index (χ0v) is 16.0. The average Bonchev–Trinajstić information content (AvgIpc) is 3.35. The van der Waals surface area contributed by atoms with Crippen LogP contribution in [0, 0.1) is 6.92 Å². The average molecular weight is 372 g/mol. The molecule has 0 bridgehead atoms. The van der Waals surface area contributed by atoms with Gasteiger partial charge in [-0.3, -0.25) is 0 Å². The van der Waals surface area contributed by atoms with E-state index in [4.69, 9.17) is 14.1 Å². The van der Waals surface area contributed by atoms with Crippen LogP contribution in [0.4, 0.5) is 0 Å². The SMILES string of the molecule is Cc1ccccc1OCCCCn1c(/C=C/c2ccco2)nc2ccccc21. The highest BCUT2D eigenvalue weighted by Crippen LogP contribution is 2.20. The van der Waals surface area contributed by atoms with Crippen molar-refractivity contribution in [2.75, 3.05) is 6.61 Å². The van der Waals surface area contributed by atoms with E-state index in [0.717, 1.165) is 54.4 Å². The monoisotopic (exact) mass is 372 g/mol. The number of nitrogens with zero attached hydrogens (tertiary/aromatic N) is 2. The first kappa shape index (κ1) is 18.1. The molecule has 2 aromatic carbocycles. The lowest BCUT2D eigenvalue weighted by atomic mass is 10.2. The molecule has 0 fully saturated rings. The number of unbranched alkanes of at least 4 members (excludes halogenated alkanes) is 1. The van der Waals surface area contributed by atoms with Gasteiger partial charge >= 0.3 is 0 Å². The van der Waals surface area contributed by atoms with Crippen molar-refractivity contribution in [3.63, 3.8) is 0 Å². The van der Waals surface area contributed by atoms with Crippen LogP contribution < -0.4 is 4.74 Å². The summed E-state index contributed by atoms with van der Waals surface area (Å²) < 4.78 is 13.6. The molecule has 0 saturated carbocycles. The lowest BCUT2D eigenvalue weighted by Crippen LogP contribution is -2.04. The predicted octanol–water partition coefficient (Wildman–Crippen LogP) is 5.97. The van der Waals surface area contributed by atoms with Crippen molar-refractivity contribution in [1.82, 2.24) is 9.55 Å². The highest BCUT2D eigenvalue weighted by Gasteiger charge is 2.08. The van der Waals surface area contributed by atoms with Crippen LogP contribution >= 0.6 is 0 Å². The largest absolute Gasteiger partial charge is 0.493 e. The number of imidazole rings is 1. The molecule has 0 spiro atoms. The van der Waals surface area contributed by atoms with Crippen molar-refractivity contribution in [2.24, 2.45) is 0 Å². The minimum Gasteiger partial charge on any atom is -0.493 e. The lowest BCUT2D eigenvalue weighted by Gasteiger charge is -2.10. The van der Waals surface area contributed by atoms with Crippen LogP contribution in [-0.4, -0.2) is 16.2 Å². The Kier molecular flexibility index (Phi) is 5.57. The number of fused-ring (bicyclic) bond motifs is 1. The first-order chi connectivity index (χ1) is 13.8. The smallest absolute Gasteiger partial charge is 0.133 e. The minimum atomic E-state index is 0.717. The normalized spacial score (nSPS) is 11.5.